The van der Waals surface area contributed by atoms with Gasteiger partial charge in [-0.2, -0.15) is 0 Å². The number of ketones is 1. The predicted molar refractivity (Wildman–Crippen MR) is 85.0 cm³/mol. The lowest BCUT2D eigenvalue weighted by Gasteiger charge is -2.11. The molecule has 0 unspecified atom stereocenters. The molecule has 0 radical (unpaired) electrons. The Morgan fingerprint density at radius 1 is 1.14 bits per heavy atom. The van der Waals surface area contributed by atoms with E-state index in [1.807, 2.05) is 17.5 Å². The Morgan fingerprint density at radius 2 is 1.81 bits per heavy atom. The maximum absolute atomic E-state index is 12.0. The summed E-state index contributed by atoms with van der Waals surface area (Å²) in [6.07, 6.45) is 3.23. The van der Waals surface area contributed by atoms with Crippen molar-refractivity contribution in [2.45, 2.75) is 4.90 Å². The number of carbonyl (C=O) groups excluding carboxylic acids is 1. The Kier molecular flexibility index (Phi) is 4.72. The fourth-order valence-electron chi connectivity index (χ4n) is 1.64. The van der Waals surface area contributed by atoms with Gasteiger partial charge >= 0.3 is 0 Å². The van der Waals surface area contributed by atoms with Crippen molar-refractivity contribution >= 4 is 33.2 Å². The average Bonchev–Trinajstić information content (AvgIpc) is 2.98. The molecule has 4 nitrogen and oxygen atoms in total. The maximum Gasteiger partial charge on any atom is 0.242 e. The highest BCUT2D eigenvalue weighted by atomic mass is 32.2. The fraction of sp³-hybridized carbons (Fsp3) is 0.133. The van der Waals surface area contributed by atoms with Gasteiger partial charge in [0, 0.05) is 24.5 Å². The second kappa shape index (κ2) is 6.34. The molecule has 0 saturated heterocycles. The van der Waals surface area contributed by atoms with E-state index in [0.29, 0.717) is 5.56 Å². The van der Waals surface area contributed by atoms with E-state index >= 15 is 0 Å². The third-order valence-corrected chi connectivity index (χ3v) is 5.53. The lowest BCUT2D eigenvalue weighted by Crippen LogP contribution is -2.22. The first-order valence-electron chi connectivity index (χ1n) is 6.20. The number of sulfonamides is 1. The van der Waals surface area contributed by atoms with Gasteiger partial charge in [0.1, 0.15) is 0 Å². The third kappa shape index (κ3) is 3.66. The molecule has 21 heavy (non-hydrogen) atoms. The molecule has 1 aromatic carbocycles. The van der Waals surface area contributed by atoms with Crippen LogP contribution in [0.5, 0.6) is 0 Å². The topological polar surface area (TPSA) is 54.5 Å². The number of thiophene rings is 1. The van der Waals surface area contributed by atoms with Crippen LogP contribution in [0.1, 0.15) is 15.2 Å². The van der Waals surface area contributed by atoms with Crippen LogP contribution in [0.3, 0.4) is 0 Å². The van der Waals surface area contributed by atoms with Crippen molar-refractivity contribution in [3.63, 3.8) is 0 Å². The van der Waals surface area contributed by atoms with Gasteiger partial charge in [0.05, 0.1) is 4.90 Å². The minimum absolute atomic E-state index is 0.155. The molecular weight excluding hydrogens is 306 g/mol. The Balaban J connectivity index is 2.18. The van der Waals surface area contributed by atoms with E-state index in [-0.39, 0.29) is 10.7 Å². The van der Waals surface area contributed by atoms with Crippen molar-refractivity contribution in [2.24, 2.45) is 0 Å². The number of nitrogens with zero attached hydrogens (tertiary/aromatic N) is 1. The summed E-state index contributed by atoms with van der Waals surface area (Å²) in [4.78, 5) is 13.2. The summed E-state index contributed by atoms with van der Waals surface area (Å²) < 4.78 is 25.0. The molecule has 0 amide bonds. The molecule has 1 heterocycles. The summed E-state index contributed by atoms with van der Waals surface area (Å²) in [6, 6.07) is 9.77. The molecule has 2 aromatic rings. The van der Waals surface area contributed by atoms with Crippen molar-refractivity contribution in [3.05, 3.63) is 58.3 Å². The molecule has 0 saturated carbocycles. The maximum atomic E-state index is 12.0. The summed E-state index contributed by atoms with van der Waals surface area (Å²) in [5.74, 6) is -0.155. The average molecular weight is 321 g/mol. The van der Waals surface area contributed by atoms with Crippen molar-refractivity contribution in [1.29, 1.82) is 0 Å². The fourth-order valence-corrected chi connectivity index (χ4v) is 3.16. The number of carbonyl (C=O) groups is 1. The zero-order valence-corrected chi connectivity index (χ0v) is 13.3. The lowest BCUT2D eigenvalue weighted by atomic mass is 10.1. The van der Waals surface area contributed by atoms with Gasteiger partial charge in [-0.05, 0) is 47.9 Å². The number of hydrogen-bond donors (Lipinski definition) is 0. The molecule has 0 aliphatic heterocycles. The molecule has 2 rings (SSSR count). The van der Waals surface area contributed by atoms with Crippen LogP contribution in [0.25, 0.3) is 6.08 Å². The second-order valence-corrected chi connectivity index (χ2v) is 7.66. The van der Waals surface area contributed by atoms with Crippen molar-refractivity contribution in [1.82, 2.24) is 4.31 Å². The van der Waals surface area contributed by atoms with E-state index in [1.165, 1.54) is 44.4 Å². The van der Waals surface area contributed by atoms with E-state index in [1.54, 1.807) is 17.4 Å². The van der Waals surface area contributed by atoms with Crippen molar-refractivity contribution < 1.29 is 13.2 Å². The van der Waals surface area contributed by atoms with Crippen LogP contribution in [0.2, 0.25) is 0 Å². The number of allylic oxidation sites excluding steroid dienone is 1. The summed E-state index contributed by atoms with van der Waals surface area (Å²) in [6.45, 7) is 0. The van der Waals surface area contributed by atoms with Crippen LogP contribution in [-0.2, 0) is 10.0 Å². The lowest BCUT2D eigenvalue weighted by molar-refractivity contribution is 0.104. The molecule has 1 aromatic heterocycles. The van der Waals surface area contributed by atoms with Crippen LogP contribution >= 0.6 is 11.3 Å². The zero-order valence-electron chi connectivity index (χ0n) is 11.7. The van der Waals surface area contributed by atoms with Gasteiger partial charge in [0.15, 0.2) is 5.78 Å². The monoisotopic (exact) mass is 321 g/mol. The van der Waals surface area contributed by atoms with Crippen LogP contribution < -0.4 is 0 Å². The molecule has 0 fully saturated rings. The van der Waals surface area contributed by atoms with E-state index in [0.717, 1.165) is 9.18 Å². The molecule has 0 bridgehead atoms. The zero-order chi connectivity index (χ0) is 15.5. The summed E-state index contributed by atoms with van der Waals surface area (Å²) in [5.41, 5.74) is 0.459. The van der Waals surface area contributed by atoms with Crippen LogP contribution in [0.4, 0.5) is 0 Å². The summed E-state index contributed by atoms with van der Waals surface area (Å²) in [7, 11) is -0.521. The smallest absolute Gasteiger partial charge is 0.242 e. The van der Waals surface area contributed by atoms with Gasteiger partial charge in [0.25, 0.3) is 0 Å². The highest BCUT2D eigenvalue weighted by Crippen LogP contribution is 2.15. The molecule has 0 N–H and O–H groups in total. The number of hydrogen-bond acceptors (Lipinski definition) is 4. The SMILES string of the molecule is CN(C)S(=O)(=O)c1ccc(C(=O)/C=C/c2cccs2)cc1. The van der Waals surface area contributed by atoms with Gasteiger partial charge in [-0.25, -0.2) is 12.7 Å². The molecule has 110 valence electrons. The van der Waals surface area contributed by atoms with Gasteiger partial charge in [-0.15, -0.1) is 11.3 Å². The number of rotatable bonds is 5. The standard InChI is InChI=1S/C15H15NO3S2/c1-16(2)21(18,19)14-8-5-12(6-9-14)15(17)10-7-13-4-3-11-20-13/h3-11H,1-2H3/b10-7+. The van der Waals surface area contributed by atoms with Crippen molar-refractivity contribution in [2.75, 3.05) is 14.1 Å². The number of benzene rings is 1. The minimum atomic E-state index is -3.46. The normalized spacial score (nSPS) is 12.1. The van der Waals surface area contributed by atoms with Crippen LogP contribution in [0, 0.1) is 0 Å². The van der Waals surface area contributed by atoms with E-state index in [9.17, 15) is 13.2 Å². The van der Waals surface area contributed by atoms with Crippen molar-refractivity contribution in [3.8, 4) is 0 Å². The minimum Gasteiger partial charge on any atom is -0.289 e. The third-order valence-electron chi connectivity index (χ3n) is 2.86. The Hall–Kier alpha value is -1.76. The van der Waals surface area contributed by atoms with Gasteiger partial charge < -0.3 is 0 Å². The van der Waals surface area contributed by atoms with Gasteiger partial charge in [-0.1, -0.05) is 6.07 Å². The molecule has 6 heteroatoms. The molecular formula is C15H15NO3S2. The van der Waals surface area contributed by atoms with Gasteiger partial charge in [-0.3, -0.25) is 4.79 Å². The Bertz CT molecular complexity index is 743. The van der Waals surface area contributed by atoms with Crippen LogP contribution in [-0.4, -0.2) is 32.6 Å². The van der Waals surface area contributed by atoms with E-state index in [2.05, 4.69) is 0 Å². The molecule has 0 aliphatic carbocycles. The molecule has 0 aliphatic rings. The second-order valence-electron chi connectivity index (χ2n) is 4.52. The van der Waals surface area contributed by atoms with Crippen LogP contribution in [0.15, 0.2) is 52.7 Å². The summed E-state index contributed by atoms with van der Waals surface area (Å²) in [5, 5.41) is 1.94. The first-order chi connectivity index (χ1) is 9.91. The van der Waals surface area contributed by atoms with E-state index in [4.69, 9.17) is 0 Å². The predicted octanol–water partition coefficient (Wildman–Crippen LogP) is 2.89. The summed E-state index contributed by atoms with van der Waals surface area (Å²) >= 11 is 1.55. The van der Waals surface area contributed by atoms with Gasteiger partial charge in [0.2, 0.25) is 10.0 Å². The Labute approximate surface area is 128 Å². The quantitative estimate of drug-likeness (QED) is 0.628. The Morgan fingerprint density at radius 3 is 2.33 bits per heavy atom. The highest BCUT2D eigenvalue weighted by molar-refractivity contribution is 7.89. The molecule has 0 atom stereocenters. The first-order valence-corrected chi connectivity index (χ1v) is 8.52. The van der Waals surface area contributed by atoms with E-state index < -0.39 is 10.0 Å². The highest BCUT2D eigenvalue weighted by Gasteiger charge is 2.17. The largest absolute Gasteiger partial charge is 0.289 e. The molecule has 0 spiro atoms. The first kappa shape index (κ1) is 15.6.